The van der Waals surface area contributed by atoms with E-state index in [9.17, 15) is 14.7 Å². The Kier molecular flexibility index (Phi) is 2.56. The van der Waals surface area contributed by atoms with Gasteiger partial charge in [-0.1, -0.05) is 0 Å². The number of amides is 2. The molecule has 0 aromatic rings. The molecule has 0 aromatic heterocycles. The summed E-state index contributed by atoms with van der Waals surface area (Å²) in [6.07, 6.45) is -0.704. The largest absolute Gasteiger partial charge is 0.394 e. The maximum Gasteiger partial charge on any atom is 0.256 e. The van der Waals surface area contributed by atoms with Crippen LogP contribution < -0.4 is 5.32 Å². The van der Waals surface area contributed by atoms with Crippen LogP contribution in [0.25, 0.3) is 0 Å². The van der Waals surface area contributed by atoms with Gasteiger partial charge in [0.15, 0.2) is 0 Å². The van der Waals surface area contributed by atoms with Gasteiger partial charge in [-0.15, -0.1) is 0 Å². The van der Waals surface area contributed by atoms with Crippen LogP contribution in [0.4, 0.5) is 0 Å². The Bertz CT molecular complexity index is 337. The second-order valence-electron chi connectivity index (χ2n) is 3.57. The first kappa shape index (κ1) is 10.3. The van der Waals surface area contributed by atoms with Gasteiger partial charge in [0, 0.05) is 12.5 Å². The van der Waals surface area contributed by atoms with E-state index < -0.39 is 30.1 Å². The van der Waals surface area contributed by atoms with Gasteiger partial charge in [-0.05, 0) is 0 Å². The van der Waals surface area contributed by atoms with Crippen molar-refractivity contribution >= 4 is 11.8 Å². The van der Waals surface area contributed by atoms with E-state index >= 15 is 0 Å². The summed E-state index contributed by atoms with van der Waals surface area (Å²) in [6.45, 7) is -0.305. The molecule has 3 N–H and O–H groups in total. The van der Waals surface area contributed by atoms with Crippen LogP contribution in [-0.4, -0.2) is 46.9 Å². The van der Waals surface area contributed by atoms with Crippen molar-refractivity contribution in [3.05, 3.63) is 11.6 Å². The molecule has 3 atom stereocenters. The summed E-state index contributed by atoms with van der Waals surface area (Å²) >= 11 is 0. The lowest BCUT2D eigenvalue weighted by molar-refractivity contribution is -0.124. The topological polar surface area (TPSA) is 95.9 Å². The van der Waals surface area contributed by atoms with Crippen LogP contribution in [0.3, 0.4) is 0 Å². The van der Waals surface area contributed by atoms with Gasteiger partial charge in [0.05, 0.1) is 24.4 Å². The fourth-order valence-electron chi connectivity index (χ4n) is 1.76. The minimum Gasteiger partial charge on any atom is -0.394 e. The van der Waals surface area contributed by atoms with Gasteiger partial charge < -0.3 is 14.9 Å². The molecule has 1 fully saturated rings. The average Bonchev–Trinajstić information content (AvgIpc) is 2.69. The molecule has 0 aliphatic carbocycles. The van der Waals surface area contributed by atoms with Crippen molar-refractivity contribution in [3.63, 3.8) is 0 Å². The molecule has 6 heteroatoms. The zero-order chi connectivity index (χ0) is 11.0. The van der Waals surface area contributed by atoms with Crippen molar-refractivity contribution in [1.29, 1.82) is 0 Å². The lowest BCUT2D eigenvalue weighted by Crippen LogP contribution is -2.27. The molecule has 82 valence electrons. The van der Waals surface area contributed by atoms with E-state index in [-0.39, 0.29) is 18.6 Å². The second kappa shape index (κ2) is 3.73. The van der Waals surface area contributed by atoms with Crippen molar-refractivity contribution in [2.24, 2.45) is 0 Å². The van der Waals surface area contributed by atoms with Crippen molar-refractivity contribution in [2.45, 2.75) is 24.7 Å². The van der Waals surface area contributed by atoms with Crippen molar-refractivity contribution in [1.82, 2.24) is 5.32 Å². The lowest BCUT2D eigenvalue weighted by atomic mass is 10.1. The maximum atomic E-state index is 11.2. The molecule has 0 radical (unpaired) electrons. The molecule has 2 aliphatic rings. The third kappa shape index (κ3) is 1.79. The second-order valence-corrected chi connectivity index (χ2v) is 3.57. The molecular weight excluding hydrogens is 202 g/mol. The molecule has 0 bridgehead atoms. The van der Waals surface area contributed by atoms with E-state index in [1.54, 1.807) is 0 Å². The number of hydrogen-bond acceptors (Lipinski definition) is 5. The SMILES string of the molecule is O=C1C=C(C2CC(O)C(CO)O2)C(=O)N1. The van der Waals surface area contributed by atoms with Crippen molar-refractivity contribution in [3.8, 4) is 0 Å². The summed E-state index contributed by atoms with van der Waals surface area (Å²) in [5.41, 5.74) is 0.218. The van der Waals surface area contributed by atoms with Gasteiger partial charge in [-0.3, -0.25) is 14.9 Å². The number of aliphatic hydroxyl groups is 2. The number of rotatable bonds is 2. The Labute approximate surface area is 85.5 Å². The fourth-order valence-corrected chi connectivity index (χ4v) is 1.76. The van der Waals surface area contributed by atoms with Gasteiger partial charge in [0.25, 0.3) is 11.8 Å². The van der Waals surface area contributed by atoms with Gasteiger partial charge in [0.2, 0.25) is 0 Å². The van der Waals surface area contributed by atoms with Crippen LogP contribution in [0.5, 0.6) is 0 Å². The molecule has 2 heterocycles. The van der Waals surface area contributed by atoms with Crippen molar-refractivity contribution < 1.29 is 24.5 Å². The van der Waals surface area contributed by atoms with E-state index in [0.29, 0.717) is 0 Å². The number of hydrogen-bond donors (Lipinski definition) is 3. The Balaban J connectivity index is 2.11. The first-order valence-corrected chi connectivity index (χ1v) is 4.63. The molecule has 1 saturated heterocycles. The van der Waals surface area contributed by atoms with E-state index in [0.717, 1.165) is 0 Å². The molecule has 2 rings (SSSR count). The van der Waals surface area contributed by atoms with Gasteiger partial charge >= 0.3 is 0 Å². The fraction of sp³-hybridized carbons (Fsp3) is 0.556. The number of carbonyl (C=O) groups excluding carboxylic acids is 2. The molecule has 2 aliphatic heterocycles. The highest BCUT2D eigenvalue weighted by Crippen LogP contribution is 2.26. The molecule has 6 nitrogen and oxygen atoms in total. The zero-order valence-corrected chi connectivity index (χ0v) is 7.84. The molecule has 15 heavy (non-hydrogen) atoms. The van der Waals surface area contributed by atoms with Crippen LogP contribution in [0.1, 0.15) is 6.42 Å². The molecule has 2 amide bonds. The predicted molar refractivity (Wildman–Crippen MR) is 47.6 cm³/mol. The summed E-state index contributed by atoms with van der Waals surface area (Å²) in [5.74, 6) is -0.962. The highest BCUT2D eigenvalue weighted by atomic mass is 16.5. The van der Waals surface area contributed by atoms with E-state index in [1.807, 2.05) is 0 Å². The highest BCUT2D eigenvalue weighted by molar-refractivity contribution is 6.16. The average molecular weight is 213 g/mol. The first-order valence-electron chi connectivity index (χ1n) is 4.63. The molecular formula is C9H11NO5. The first-order chi connectivity index (χ1) is 7.11. The molecule has 0 aromatic carbocycles. The van der Waals surface area contributed by atoms with Gasteiger partial charge in [-0.2, -0.15) is 0 Å². The van der Waals surface area contributed by atoms with Crippen LogP contribution in [0, 0.1) is 0 Å². The Morgan fingerprint density at radius 2 is 2.27 bits per heavy atom. The number of imide groups is 1. The summed E-state index contributed by atoms with van der Waals surface area (Å²) in [6, 6.07) is 0. The number of nitrogens with one attached hydrogen (secondary N) is 1. The normalized spacial score (nSPS) is 35.6. The van der Waals surface area contributed by atoms with Gasteiger partial charge in [-0.25, -0.2) is 0 Å². The molecule has 0 spiro atoms. The van der Waals surface area contributed by atoms with Crippen LogP contribution in [-0.2, 0) is 14.3 Å². The number of carbonyl (C=O) groups is 2. The Morgan fingerprint density at radius 1 is 1.53 bits per heavy atom. The number of aliphatic hydroxyl groups excluding tert-OH is 2. The van der Waals surface area contributed by atoms with Crippen LogP contribution in [0.2, 0.25) is 0 Å². The van der Waals surface area contributed by atoms with Gasteiger partial charge in [0.1, 0.15) is 6.10 Å². The Hall–Kier alpha value is -1.24. The zero-order valence-electron chi connectivity index (χ0n) is 7.84. The quantitative estimate of drug-likeness (QED) is 0.465. The maximum absolute atomic E-state index is 11.2. The monoisotopic (exact) mass is 213 g/mol. The van der Waals surface area contributed by atoms with Crippen molar-refractivity contribution in [2.75, 3.05) is 6.61 Å². The molecule has 0 saturated carbocycles. The number of ether oxygens (including phenoxy) is 1. The van der Waals surface area contributed by atoms with E-state index in [1.165, 1.54) is 6.08 Å². The standard InChI is InChI=1S/C9H11NO5/c11-3-7-5(12)2-6(15-7)4-1-8(13)10-9(4)14/h1,5-7,11-12H,2-3H2,(H,10,13,14). The smallest absolute Gasteiger partial charge is 0.256 e. The lowest BCUT2D eigenvalue weighted by Gasteiger charge is -2.11. The summed E-state index contributed by atoms with van der Waals surface area (Å²) in [7, 11) is 0. The third-order valence-corrected chi connectivity index (χ3v) is 2.54. The van der Waals surface area contributed by atoms with E-state index in [2.05, 4.69) is 5.32 Å². The minimum absolute atomic E-state index is 0.218. The summed E-state index contributed by atoms with van der Waals surface area (Å²) < 4.78 is 5.24. The predicted octanol–water partition coefficient (Wildman–Crippen LogP) is -1.92. The summed E-state index contributed by atoms with van der Waals surface area (Å²) in [4.78, 5) is 22.1. The highest BCUT2D eigenvalue weighted by Gasteiger charge is 2.39. The van der Waals surface area contributed by atoms with E-state index in [4.69, 9.17) is 9.84 Å². The Morgan fingerprint density at radius 3 is 2.73 bits per heavy atom. The minimum atomic E-state index is -0.801. The van der Waals surface area contributed by atoms with Crippen LogP contribution in [0.15, 0.2) is 11.6 Å². The van der Waals surface area contributed by atoms with Crippen LogP contribution >= 0.6 is 0 Å². The third-order valence-electron chi connectivity index (χ3n) is 2.54. The molecule has 3 unspecified atom stereocenters. The summed E-state index contributed by atoms with van der Waals surface area (Å²) in [5, 5.41) is 20.4.